The van der Waals surface area contributed by atoms with Gasteiger partial charge in [-0.05, 0) is 38.6 Å². The minimum Gasteiger partial charge on any atom is -0.368 e. The molecule has 2 fully saturated rings. The van der Waals surface area contributed by atoms with Crippen LogP contribution in [-0.4, -0.2) is 42.6 Å². The molecule has 2 aliphatic rings. The maximum atomic E-state index is 12.1. The Kier molecular flexibility index (Phi) is 7.11. The summed E-state index contributed by atoms with van der Waals surface area (Å²) in [5.74, 6) is 0.614. The van der Waals surface area contributed by atoms with Crippen molar-refractivity contribution in [3.8, 4) is 0 Å². The van der Waals surface area contributed by atoms with E-state index in [4.69, 9.17) is 10.5 Å². The summed E-state index contributed by atoms with van der Waals surface area (Å²) in [6.45, 7) is 3.85. The molecule has 4 nitrogen and oxygen atoms in total. The fourth-order valence-electron chi connectivity index (χ4n) is 3.16. The van der Waals surface area contributed by atoms with Gasteiger partial charge in [0.25, 0.3) is 0 Å². The molecule has 2 rings (SSSR count). The van der Waals surface area contributed by atoms with Crippen LogP contribution >= 0.6 is 12.4 Å². The van der Waals surface area contributed by atoms with E-state index in [-0.39, 0.29) is 24.9 Å². The number of hydrogen-bond donors (Lipinski definition) is 1. The van der Waals surface area contributed by atoms with Crippen LogP contribution in [0.1, 0.15) is 45.4 Å². The number of amides is 1. The standard InChI is InChI=1S/C14H26N2O2.ClH/c1-11-7-12(8-15)9-16(11)14(17)10-18-13-5-3-2-4-6-13;/h11-13H,2-10,15H2,1H3;1H. The molecule has 1 aliphatic carbocycles. The van der Waals surface area contributed by atoms with E-state index in [2.05, 4.69) is 6.92 Å². The van der Waals surface area contributed by atoms with Gasteiger partial charge in [0.2, 0.25) is 5.91 Å². The molecule has 2 atom stereocenters. The Balaban J connectivity index is 0.00000180. The van der Waals surface area contributed by atoms with Crippen molar-refractivity contribution in [1.29, 1.82) is 0 Å². The lowest BCUT2D eigenvalue weighted by Crippen LogP contribution is -2.38. The summed E-state index contributed by atoms with van der Waals surface area (Å²) in [7, 11) is 0. The van der Waals surface area contributed by atoms with Crippen molar-refractivity contribution in [2.75, 3.05) is 19.7 Å². The first-order chi connectivity index (χ1) is 8.70. The van der Waals surface area contributed by atoms with Crippen LogP contribution in [-0.2, 0) is 9.53 Å². The zero-order valence-electron chi connectivity index (χ0n) is 11.8. The fraction of sp³-hybridized carbons (Fsp3) is 0.929. The van der Waals surface area contributed by atoms with Gasteiger partial charge in [0.05, 0.1) is 6.10 Å². The van der Waals surface area contributed by atoms with Crippen molar-refractivity contribution in [3.05, 3.63) is 0 Å². The third kappa shape index (κ3) is 4.62. The Bertz CT molecular complexity index is 283. The Hall–Kier alpha value is -0.320. The van der Waals surface area contributed by atoms with E-state index in [9.17, 15) is 4.79 Å². The quantitative estimate of drug-likeness (QED) is 0.861. The minimum absolute atomic E-state index is 0. The van der Waals surface area contributed by atoms with Gasteiger partial charge in [0.1, 0.15) is 6.61 Å². The molecular formula is C14H27ClN2O2. The normalized spacial score (nSPS) is 28.2. The topological polar surface area (TPSA) is 55.6 Å². The average molecular weight is 291 g/mol. The second-order valence-electron chi connectivity index (χ2n) is 5.80. The Morgan fingerprint density at radius 2 is 2.00 bits per heavy atom. The summed E-state index contributed by atoms with van der Waals surface area (Å²) in [4.78, 5) is 14.1. The molecule has 0 aromatic rings. The van der Waals surface area contributed by atoms with E-state index in [1.54, 1.807) is 0 Å². The summed E-state index contributed by atoms with van der Waals surface area (Å²) < 4.78 is 5.75. The fourth-order valence-corrected chi connectivity index (χ4v) is 3.16. The summed E-state index contributed by atoms with van der Waals surface area (Å²) in [6.07, 6.45) is 7.39. The molecule has 1 amide bonds. The van der Waals surface area contributed by atoms with Crippen LogP contribution in [0, 0.1) is 5.92 Å². The molecule has 1 aliphatic heterocycles. The van der Waals surface area contributed by atoms with Gasteiger partial charge < -0.3 is 15.4 Å². The summed E-state index contributed by atoms with van der Waals surface area (Å²) in [5, 5.41) is 0. The second kappa shape index (κ2) is 8.08. The first-order valence-corrected chi connectivity index (χ1v) is 7.32. The van der Waals surface area contributed by atoms with Gasteiger partial charge in [0, 0.05) is 12.6 Å². The van der Waals surface area contributed by atoms with E-state index in [0.29, 0.717) is 24.6 Å². The van der Waals surface area contributed by atoms with E-state index >= 15 is 0 Å². The number of ether oxygens (including phenoxy) is 1. The first-order valence-electron chi connectivity index (χ1n) is 7.32. The molecule has 5 heteroatoms. The third-order valence-electron chi connectivity index (χ3n) is 4.31. The molecule has 1 saturated heterocycles. The molecule has 2 N–H and O–H groups in total. The largest absolute Gasteiger partial charge is 0.368 e. The van der Waals surface area contributed by atoms with E-state index in [0.717, 1.165) is 25.8 Å². The number of hydrogen-bond acceptors (Lipinski definition) is 3. The maximum absolute atomic E-state index is 12.1. The number of carbonyl (C=O) groups is 1. The molecular weight excluding hydrogens is 264 g/mol. The summed E-state index contributed by atoms with van der Waals surface area (Å²) in [5.41, 5.74) is 5.68. The second-order valence-corrected chi connectivity index (χ2v) is 5.80. The van der Waals surface area contributed by atoms with E-state index in [1.807, 2.05) is 4.90 Å². The van der Waals surface area contributed by atoms with Crippen LogP contribution in [0.3, 0.4) is 0 Å². The molecule has 0 spiro atoms. The van der Waals surface area contributed by atoms with Gasteiger partial charge in [0.15, 0.2) is 0 Å². The van der Waals surface area contributed by atoms with Crippen molar-refractivity contribution in [2.24, 2.45) is 11.7 Å². The molecule has 2 unspecified atom stereocenters. The third-order valence-corrected chi connectivity index (χ3v) is 4.31. The van der Waals surface area contributed by atoms with Crippen molar-refractivity contribution in [2.45, 2.75) is 57.6 Å². The minimum atomic E-state index is 0. The highest BCUT2D eigenvalue weighted by Crippen LogP contribution is 2.23. The van der Waals surface area contributed by atoms with Crippen molar-refractivity contribution in [1.82, 2.24) is 4.90 Å². The number of nitrogens with two attached hydrogens (primary N) is 1. The molecule has 0 radical (unpaired) electrons. The Morgan fingerprint density at radius 1 is 1.32 bits per heavy atom. The van der Waals surface area contributed by atoms with Gasteiger partial charge >= 0.3 is 0 Å². The zero-order valence-corrected chi connectivity index (χ0v) is 12.7. The summed E-state index contributed by atoms with van der Waals surface area (Å²) >= 11 is 0. The van der Waals surface area contributed by atoms with Gasteiger partial charge in [-0.15, -0.1) is 12.4 Å². The smallest absolute Gasteiger partial charge is 0.248 e. The number of carbonyl (C=O) groups excluding carboxylic acids is 1. The molecule has 1 saturated carbocycles. The molecule has 112 valence electrons. The monoisotopic (exact) mass is 290 g/mol. The molecule has 0 bridgehead atoms. The van der Waals surface area contributed by atoms with Crippen molar-refractivity contribution < 1.29 is 9.53 Å². The number of likely N-dealkylation sites (tertiary alicyclic amines) is 1. The van der Waals surface area contributed by atoms with E-state index < -0.39 is 0 Å². The average Bonchev–Trinajstić information content (AvgIpc) is 2.78. The highest BCUT2D eigenvalue weighted by Gasteiger charge is 2.31. The van der Waals surface area contributed by atoms with Crippen LogP contribution in [0.15, 0.2) is 0 Å². The van der Waals surface area contributed by atoms with Crippen LogP contribution in [0.4, 0.5) is 0 Å². The van der Waals surface area contributed by atoms with Gasteiger partial charge in [-0.1, -0.05) is 19.3 Å². The van der Waals surface area contributed by atoms with Gasteiger partial charge in [-0.25, -0.2) is 0 Å². The molecule has 1 heterocycles. The predicted molar refractivity (Wildman–Crippen MR) is 78.4 cm³/mol. The molecule has 0 aromatic carbocycles. The first kappa shape index (κ1) is 16.7. The van der Waals surface area contributed by atoms with Gasteiger partial charge in [-0.3, -0.25) is 4.79 Å². The maximum Gasteiger partial charge on any atom is 0.248 e. The Morgan fingerprint density at radius 3 is 2.58 bits per heavy atom. The number of nitrogens with zero attached hydrogens (tertiary/aromatic N) is 1. The lowest BCUT2D eigenvalue weighted by Gasteiger charge is -2.25. The number of rotatable bonds is 4. The lowest BCUT2D eigenvalue weighted by atomic mass is 9.98. The Labute approximate surface area is 122 Å². The van der Waals surface area contributed by atoms with Crippen LogP contribution in [0.2, 0.25) is 0 Å². The number of halogens is 1. The van der Waals surface area contributed by atoms with Crippen LogP contribution in [0.25, 0.3) is 0 Å². The highest BCUT2D eigenvalue weighted by atomic mass is 35.5. The lowest BCUT2D eigenvalue weighted by molar-refractivity contribution is -0.139. The van der Waals surface area contributed by atoms with Crippen molar-refractivity contribution >= 4 is 18.3 Å². The van der Waals surface area contributed by atoms with Crippen LogP contribution in [0.5, 0.6) is 0 Å². The highest BCUT2D eigenvalue weighted by molar-refractivity contribution is 5.85. The SMILES string of the molecule is CC1CC(CN)CN1C(=O)COC1CCCCC1.Cl. The van der Waals surface area contributed by atoms with Gasteiger partial charge in [-0.2, -0.15) is 0 Å². The van der Waals surface area contributed by atoms with Crippen LogP contribution < -0.4 is 5.73 Å². The van der Waals surface area contributed by atoms with E-state index in [1.165, 1.54) is 19.3 Å². The molecule has 19 heavy (non-hydrogen) atoms. The molecule has 0 aromatic heterocycles. The van der Waals surface area contributed by atoms with Crippen molar-refractivity contribution in [3.63, 3.8) is 0 Å². The predicted octanol–water partition coefficient (Wildman–Crippen LogP) is 1.95. The summed E-state index contributed by atoms with van der Waals surface area (Å²) in [6, 6.07) is 0.320. The zero-order chi connectivity index (χ0) is 13.0.